The summed E-state index contributed by atoms with van der Waals surface area (Å²) in [6.07, 6.45) is 2.55. The van der Waals surface area contributed by atoms with Crippen molar-refractivity contribution in [2.75, 3.05) is 13.1 Å². The molecule has 2 atom stereocenters. The minimum atomic E-state index is -0.548. The van der Waals surface area contributed by atoms with Gasteiger partial charge in [-0.25, -0.2) is 0 Å². The Labute approximate surface area is 109 Å². The molecule has 1 N–H and O–H groups in total. The molecule has 2 unspecified atom stereocenters. The molecule has 0 aliphatic carbocycles. The van der Waals surface area contributed by atoms with Gasteiger partial charge >= 0.3 is 5.69 Å². The van der Waals surface area contributed by atoms with Gasteiger partial charge in [-0.15, -0.1) is 0 Å². The molecule has 1 aliphatic heterocycles. The molecule has 0 aromatic carbocycles. The van der Waals surface area contributed by atoms with E-state index >= 15 is 0 Å². The van der Waals surface area contributed by atoms with E-state index in [1.54, 1.807) is 4.90 Å². The van der Waals surface area contributed by atoms with Gasteiger partial charge in [0.05, 0.1) is 11.0 Å². The van der Waals surface area contributed by atoms with Crippen molar-refractivity contribution >= 4 is 11.6 Å². The molecule has 1 aliphatic rings. The Morgan fingerprint density at radius 2 is 2.42 bits per heavy atom. The first-order chi connectivity index (χ1) is 8.97. The predicted molar refractivity (Wildman–Crippen MR) is 65.2 cm³/mol. The largest absolute Gasteiger partial charge is 0.393 e. The van der Waals surface area contributed by atoms with Crippen LogP contribution in [0.15, 0.2) is 12.4 Å². The van der Waals surface area contributed by atoms with E-state index in [0.717, 1.165) is 6.20 Å². The van der Waals surface area contributed by atoms with Gasteiger partial charge in [-0.2, -0.15) is 5.10 Å². The quantitative estimate of drug-likeness (QED) is 0.615. The molecule has 1 amide bonds. The third-order valence-corrected chi connectivity index (χ3v) is 3.34. The molecule has 0 spiro atoms. The second kappa shape index (κ2) is 5.35. The monoisotopic (exact) mass is 268 g/mol. The first-order valence-electron chi connectivity index (χ1n) is 6.10. The second-order valence-electron chi connectivity index (χ2n) is 4.83. The average Bonchev–Trinajstić information content (AvgIpc) is 2.81. The standard InChI is InChI=1S/C11H16N4O4/c1-8-5-13(3-2-10(8)16)11(17)7-14-6-9(4-12-14)15(18)19/h4,6,8,10,16H,2-3,5,7H2,1H3. The topological polar surface area (TPSA) is 102 Å². The molecule has 0 bridgehead atoms. The summed E-state index contributed by atoms with van der Waals surface area (Å²) in [6, 6.07) is 0. The van der Waals surface area contributed by atoms with Crippen molar-refractivity contribution in [3.8, 4) is 0 Å². The van der Waals surface area contributed by atoms with Crippen LogP contribution < -0.4 is 0 Å². The molecule has 104 valence electrons. The molecule has 1 aromatic rings. The van der Waals surface area contributed by atoms with Crippen LogP contribution in [0.4, 0.5) is 5.69 Å². The van der Waals surface area contributed by atoms with Crippen LogP contribution in [0.25, 0.3) is 0 Å². The van der Waals surface area contributed by atoms with Crippen LogP contribution in [-0.2, 0) is 11.3 Å². The Hall–Kier alpha value is -1.96. The highest BCUT2D eigenvalue weighted by atomic mass is 16.6. The molecular formula is C11H16N4O4. The summed E-state index contributed by atoms with van der Waals surface area (Å²) in [7, 11) is 0. The van der Waals surface area contributed by atoms with E-state index in [1.807, 2.05) is 6.92 Å². The van der Waals surface area contributed by atoms with Crippen LogP contribution in [0.5, 0.6) is 0 Å². The third kappa shape index (κ3) is 3.08. The number of amides is 1. The number of carbonyl (C=O) groups excluding carboxylic acids is 1. The van der Waals surface area contributed by atoms with Crippen LogP contribution in [0.3, 0.4) is 0 Å². The highest BCUT2D eigenvalue weighted by Gasteiger charge is 2.27. The Bertz CT molecular complexity index is 487. The Kier molecular flexibility index (Phi) is 3.79. The first kappa shape index (κ1) is 13.5. The Balaban J connectivity index is 1.95. The maximum atomic E-state index is 12.0. The number of aliphatic hydroxyl groups is 1. The van der Waals surface area contributed by atoms with Gasteiger partial charge in [0.2, 0.25) is 5.91 Å². The maximum Gasteiger partial charge on any atom is 0.307 e. The lowest BCUT2D eigenvalue weighted by Crippen LogP contribution is -2.46. The van der Waals surface area contributed by atoms with Crippen molar-refractivity contribution in [1.29, 1.82) is 0 Å². The van der Waals surface area contributed by atoms with Gasteiger partial charge in [-0.1, -0.05) is 6.92 Å². The zero-order chi connectivity index (χ0) is 14.0. The van der Waals surface area contributed by atoms with Gasteiger partial charge in [0.1, 0.15) is 18.9 Å². The van der Waals surface area contributed by atoms with Crippen molar-refractivity contribution in [3.05, 3.63) is 22.5 Å². The molecule has 1 saturated heterocycles. The molecule has 0 radical (unpaired) electrons. The van der Waals surface area contributed by atoms with Crippen molar-refractivity contribution in [3.63, 3.8) is 0 Å². The van der Waals surface area contributed by atoms with Gasteiger partial charge in [-0.3, -0.25) is 19.6 Å². The van der Waals surface area contributed by atoms with E-state index in [-0.39, 0.29) is 30.2 Å². The summed E-state index contributed by atoms with van der Waals surface area (Å²) in [5.74, 6) is -0.0959. The van der Waals surface area contributed by atoms with Crippen molar-refractivity contribution in [2.45, 2.75) is 26.0 Å². The van der Waals surface area contributed by atoms with Gasteiger partial charge in [0.15, 0.2) is 0 Å². The van der Waals surface area contributed by atoms with Gasteiger partial charge < -0.3 is 10.0 Å². The zero-order valence-electron chi connectivity index (χ0n) is 10.6. The number of aliphatic hydroxyl groups excluding tert-OH is 1. The lowest BCUT2D eigenvalue weighted by molar-refractivity contribution is -0.385. The van der Waals surface area contributed by atoms with Gasteiger partial charge in [0, 0.05) is 13.1 Å². The van der Waals surface area contributed by atoms with E-state index in [4.69, 9.17) is 0 Å². The molecule has 19 heavy (non-hydrogen) atoms. The second-order valence-corrected chi connectivity index (χ2v) is 4.83. The zero-order valence-corrected chi connectivity index (χ0v) is 10.6. The number of nitrogens with zero attached hydrogens (tertiary/aromatic N) is 4. The smallest absolute Gasteiger partial charge is 0.307 e. The summed E-state index contributed by atoms with van der Waals surface area (Å²) in [4.78, 5) is 23.6. The highest BCUT2D eigenvalue weighted by molar-refractivity contribution is 5.76. The van der Waals surface area contributed by atoms with Crippen molar-refractivity contribution < 1.29 is 14.8 Å². The van der Waals surface area contributed by atoms with Crippen molar-refractivity contribution in [2.24, 2.45) is 5.92 Å². The average molecular weight is 268 g/mol. The normalized spacial score (nSPS) is 23.4. The van der Waals surface area contributed by atoms with E-state index in [2.05, 4.69) is 5.10 Å². The summed E-state index contributed by atoms with van der Waals surface area (Å²) in [5.41, 5.74) is -0.129. The lowest BCUT2D eigenvalue weighted by Gasteiger charge is -2.34. The maximum absolute atomic E-state index is 12.0. The van der Waals surface area contributed by atoms with E-state index in [9.17, 15) is 20.0 Å². The van der Waals surface area contributed by atoms with E-state index in [0.29, 0.717) is 19.5 Å². The summed E-state index contributed by atoms with van der Waals surface area (Å²) < 4.78 is 1.26. The van der Waals surface area contributed by atoms with Crippen LogP contribution in [-0.4, -0.2) is 49.8 Å². The van der Waals surface area contributed by atoms with Crippen LogP contribution >= 0.6 is 0 Å². The number of hydrogen-bond donors (Lipinski definition) is 1. The Morgan fingerprint density at radius 3 is 3.00 bits per heavy atom. The molecular weight excluding hydrogens is 252 g/mol. The number of aromatic nitrogens is 2. The fraction of sp³-hybridized carbons (Fsp3) is 0.636. The summed E-state index contributed by atoms with van der Waals surface area (Å²) in [6.45, 7) is 2.89. The number of likely N-dealkylation sites (tertiary alicyclic amines) is 1. The molecule has 2 rings (SSSR count). The first-order valence-corrected chi connectivity index (χ1v) is 6.10. The predicted octanol–water partition coefficient (Wildman–Crippen LogP) is 0.0206. The van der Waals surface area contributed by atoms with Gasteiger partial charge in [0.25, 0.3) is 0 Å². The number of piperidine rings is 1. The molecule has 0 saturated carbocycles. The van der Waals surface area contributed by atoms with Crippen LogP contribution in [0.2, 0.25) is 0 Å². The number of hydrogen-bond acceptors (Lipinski definition) is 5. The third-order valence-electron chi connectivity index (χ3n) is 3.34. The van der Waals surface area contributed by atoms with Crippen LogP contribution in [0, 0.1) is 16.0 Å². The Morgan fingerprint density at radius 1 is 1.68 bits per heavy atom. The SMILES string of the molecule is CC1CN(C(=O)Cn2cc([N+](=O)[O-])cn2)CCC1O. The lowest BCUT2D eigenvalue weighted by atomic mass is 9.97. The number of carbonyl (C=O) groups is 1. The summed E-state index contributed by atoms with van der Waals surface area (Å²) in [5, 5.41) is 23.9. The van der Waals surface area contributed by atoms with Gasteiger partial charge in [-0.05, 0) is 12.3 Å². The minimum absolute atomic E-state index is 0.0172. The fourth-order valence-electron chi connectivity index (χ4n) is 2.13. The minimum Gasteiger partial charge on any atom is -0.393 e. The highest BCUT2D eigenvalue weighted by Crippen LogP contribution is 2.17. The molecule has 1 aromatic heterocycles. The van der Waals surface area contributed by atoms with E-state index in [1.165, 1.54) is 10.9 Å². The molecule has 1 fully saturated rings. The number of rotatable bonds is 3. The van der Waals surface area contributed by atoms with E-state index < -0.39 is 4.92 Å². The molecule has 2 heterocycles. The van der Waals surface area contributed by atoms with Crippen LogP contribution in [0.1, 0.15) is 13.3 Å². The molecule has 8 heteroatoms. The molecule has 8 nitrogen and oxygen atoms in total. The summed E-state index contributed by atoms with van der Waals surface area (Å²) >= 11 is 0. The fourth-order valence-corrected chi connectivity index (χ4v) is 2.13. The van der Waals surface area contributed by atoms with Crippen molar-refractivity contribution in [1.82, 2.24) is 14.7 Å². The number of nitro groups is 1.